The number of hydrogen-bond donors (Lipinski definition) is 3. The number of anilines is 1. The van der Waals surface area contributed by atoms with Crippen molar-refractivity contribution in [2.24, 2.45) is 5.92 Å². The molecule has 1 saturated heterocycles. The third-order valence-electron chi connectivity index (χ3n) is 8.36. The van der Waals surface area contributed by atoms with Gasteiger partial charge in [-0.3, -0.25) is 13.9 Å². The number of carbonyl (C=O) groups excluding carboxylic acids is 1. The van der Waals surface area contributed by atoms with E-state index in [-0.39, 0.29) is 35.3 Å². The predicted octanol–water partition coefficient (Wildman–Crippen LogP) is 5.12. The molecule has 264 valence electrons. The lowest BCUT2D eigenvalue weighted by atomic mass is 9.98. The van der Waals surface area contributed by atoms with Crippen LogP contribution in [0.15, 0.2) is 79.1 Å². The highest BCUT2D eigenvalue weighted by Gasteiger charge is 2.55. The summed E-state index contributed by atoms with van der Waals surface area (Å²) in [5, 5.41) is 15.5. The molecule has 1 aliphatic heterocycles. The number of nitrogens with one attached hydrogen (secondary N) is 1. The fourth-order valence-electron chi connectivity index (χ4n) is 5.71. The molecule has 50 heavy (non-hydrogen) atoms. The van der Waals surface area contributed by atoms with Crippen LogP contribution in [0.25, 0.3) is 21.9 Å². The van der Waals surface area contributed by atoms with Crippen molar-refractivity contribution in [3.05, 3.63) is 84.7 Å². The lowest BCUT2D eigenvalue weighted by Gasteiger charge is -2.28. The quantitative estimate of drug-likeness (QED) is 0.108. The molecule has 0 aliphatic carbocycles. The summed E-state index contributed by atoms with van der Waals surface area (Å²) in [6, 6.07) is 20.4. The van der Waals surface area contributed by atoms with E-state index in [1.165, 1.54) is 24.9 Å². The number of alkyl halides is 1. The zero-order valence-electron chi connectivity index (χ0n) is 27.8. The summed E-state index contributed by atoms with van der Waals surface area (Å²) in [7, 11) is -3.13. The number of carbonyl (C=O) groups is 1. The standard InChI is InChI=1S/C34H38FN6O8P/c1-20(2)26(31(42)46-17-21-11-6-5-7-12-21)40-50(44,49-24-16-10-14-22-13-8-9-15-23(22)24)47-18-25-28(35)34(3,43)32(48-25)41-19-37-27-29(41)38-33(36)39-30(27)45-4/h5-16,19-20,25-26,28,32,43H,17-18H2,1-4H3,(H,40,44)(H2,36,38,39)/t25-,26+,28+,32-,34-,50?/m1/s1. The summed E-state index contributed by atoms with van der Waals surface area (Å²) in [4.78, 5) is 25.8. The minimum absolute atomic E-state index is 0.0127. The van der Waals surface area contributed by atoms with E-state index in [0.717, 1.165) is 10.9 Å². The highest BCUT2D eigenvalue weighted by Crippen LogP contribution is 2.49. The Labute approximate surface area is 287 Å². The molecule has 0 amide bonds. The lowest BCUT2D eigenvalue weighted by molar-refractivity contribution is -0.148. The van der Waals surface area contributed by atoms with Gasteiger partial charge in [-0.25, -0.2) is 13.9 Å². The molecule has 1 aliphatic rings. The van der Waals surface area contributed by atoms with Gasteiger partial charge in [0.1, 0.15) is 30.1 Å². The van der Waals surface area contributed by atoms with Crippen LogP contribution in [0.3, 0.4) is 0 Å². The van der Waals surface area contributed by atoms with Crippen molar-refractivity contribution < 1.29 is 42.1 Å². The number of methoxy groups -OCH3 is 1. The number of benzene rings is 3. The van der Waals surface area contributed by atoms with Gasteiger partial charge in [-0.05, 0) is 29.9 Å². The number of halogens is 1. The van der Waals surface area contributed by atoms with E-state index in [9.17, 15) is 14.5 Å². The van der Waals surface area contributed by atoms with E-state index in [1.54, 1.807) is 38.1 Å². The summed E-state index contributed by atoms with van der Waals surface area (Å²) in [6.07, 6.45) is -3.57. The summed E-state index contributed by atoms with van der Waals surface area (Å²) in [5.41, 5.74) is 4.83. The third-order valence-corrected chi connectivity index (χ3v) is 9.88. The fraction of sp³-hybridized carbons (Fsp3) is 0.353. The van der Waals surface area contributed by atoms with Gasteiger partial charge in [-0.1, -0.05) is 80.6 Å². The molecule has 2 aromatic heterocycles. The number of rotatable bonds is 13. The van der Waals surface area contributed by atoms with E-state index >= 15 is 4.39 Å². The maximum absolute atomic E-state index is 16.0. The normalized spacial score (nSPS) is 22.4. The first kappa shape index (κ1) is 35.2. The minimum Gasteiger partial charge on any atom is -0.479 e. The van der Waals surface area contributed by atoms with Crippen LogP contribution in [0.1, 0.15) is 32.6 Å². The number of nitrogens with two attached hydrogens (primary N) is 1. The highest BCUT2D eigenvalue weighted by molar-refractivity contribution is 7.52. The molecule has 0 saturated carbocycles. The van der Waals surface area contributed by atoms with Crippen LogP contribution < -0.4 is 20.1 Å². The number of nitrogens with zero attached hydrogens (tertiary/aromatic N) is 4. The first-order valence-electron chi connectivity index (χ1n) is 15.9. The molecule has 16 heteroatoms. The van der Waals surface area contributed by atoms with Crippen molar-refractivity contribution in [3.63, 3.8) is 0 Å². The largest absolute Gasteiger partial charge is 0.479 e. The third kappa shape index (κ3) is 7.14. The zero-order valence-corrected chi connectivity index (χ0v) is 28.7. The topological polar surface area (TPSA) is 182 Å². The van der Waals surface area contributed by atoms with E-state index in [0.29, 0.717) is 5.39 Å². The number of ether oxygens (including phenoxy) is 3. The molecule has 4 N–H and O–H groups in total. The molecule has 3 aromatic carbocycles. The second-order valence-electron chi connectivity index (χ2n) is 12.4. The van der Waals surface area contributed by atoms with Crippen molar-refractivity contribution in [2.75, 3.05) is 19.5 Å². The summed E-state index contributed by atoms with van der Waals surface area (Å²) < 4.78 is 60.8. The molecule has 0 radical (unpaired) electrons. The van der Waals surface area contributed by atoms with E-state index in [2.05, 4.69) is 20.0 Å². The van der Waals surface area contributed by atoms with E-state index < -0.39 is 56.4 Å². The van der Waals surface area contributed by atoms with Crippen LogP contribution in [0.5, 0.6) is 11.6 Å². The van der Waals surface area contributed by atoms with Crippen molar-refractivity contribution in [1.29, 1.82) is 0 Å². The van der Waals surface area contributed by atoms with Crippen LogP contribution >= 0.6 is 7.75 Å². The Morgan fingerprint density at radius 1 is 1.12 bits per heavy atom. The molecule has 5 aromatic rings. The van der Waals surface area contributed by atoms with Gasteiger partial charge in [0.2, 0.25) is 11.8 Å². The van der Waals surface area contributed by atoms with Gasteiger partial charge in [0, 0.05) is 5.39 Å². The Bertz CT molecular complexity index is 2020. The fourth-order valence-corrected chi connectivity index (χ4v) is 7.39. The second kappa shape index (κ2) is 14.3. The number of imidazole rings is 1. The molecule has 6 rings (SSSR count). The van der Waals surface area contributed by atoms with E-state index in [1.807, 2.05) is 48.5 Å². The van der Waals surface area contributed by atoms with Crippen LogP contribution in [-0.4, -0.2) is 68.2 Å². The van der Waals surface area contributed by atoms with Crippen molar-refractivity contribution >= 4 is 41.6 Å². The van der Waals surface area contributed by atoms with Gasteiger partial charge in [-0.15, -0.1) is 0 Å². The number of aliphatic hydroxyl groups is 1. The average Bonchev–Trinajstić information content (AvgIpc) is 3.62. The number of nitrogen functional groups attached to an aromatic ring is 1. The second-order valence-corrected chi connectivity index (χ2v) is 14.1. The lowest BCUT2D eigenvalue weighted by Crippen LogP contribution is -2.43. The van der Waals surface area contributed by atoms with Crippen molar-refractivity contribution in [1.82, 2.24) is 24.6 Å². The Morgan fingerprint density at radius 3 is 2.58 bits per heavy atom. The summed E-state index contributed by atoms with van der Waals surface area (Å²) in [6.45, 7) is 4.06. The van der Waals surface area contributed by atoms with Crippen molar-refractivity contribution in [3.8, 4) is 11.6 Å². The monoisotopic (exact) mass is 708 g/mol. The molecule has 1 unspecified atom stereocenters. The SMILES string of the molecule is COc1nc(N)nc2c1ncn2[C@@H]1O[C@H](COP(=O)(N[C@H](C(=O)OCc2ccccc2)C(C)C)Oc2cccc3ccccc23)[C@H](F)[C@@]1(C)O. The van der Waals surface area contributed by atoms with Crippen LogP contribution in [0.2, 0.25) is 0 Å². The number of hydrogen-bond acceptors (Lipinski definition) is 12. The first-order chi connectivity index (χ1) is 23.9. The molecular formula is C34H38FN6O8P. The van der Waals surface area contributed by atoms with Gasteiger partial charge in [-0.2, -0.15) is 15.1 Å². The van der Waals surface area contributed by atoms with E-state index in [4.69, 9.17) is 29.0 Å². The molecule has 14 nitrogen and oxygen atoms in total. The molecule has 6 atom stereocenters. The van der Waals surface area contributed by atoms with Gasteiger partial charge in [0.05, 0.1) is 20.0 Å². The molecule has 1 fully saturated rings. The highest BCUT2D eigenvalue weighted by atomic mass is 31.2. The number of esters is 1. The Morgan fingerprint density at radius 2 is 1.84 bits per heavy atom. The Balaban J connectivity index is 1.27. The smallest absolute Gasteiger partial charge is 0.459 e. The maximum Gasteiger partial charge on any atom is 0.459 e. The van der Waals surface area contributed by atoms with Crippen LogP contribution in [0, 0.1) is 5.92 Å². The number of fused-ring (bicyclic) bond motifs is 2. The first-order valence-corrected chi connectivity index (χ1v) is 17.4. The van der Waals surface area contributed by atoms with Gasteiger partial charge < -0.3 is 29.6 Å². The molecular weight excluding hydrogens is 670 g/mol. The molecule has 3 heterocycles. The molecule has 0 bridgehead atoms. The van der Waals surface area contributed by atoms with Crippen molar-refractivity contribution in [2.45, 2.75) is 57.5 Å². The molecule has 0 spiro atoms. The summed E-state index contributed by atoms with van der Waals surface area (Å²) >= 11 is 0. The summed E-state index contributed by atoms with van der Waals surface area (Å²) in [5.74, 6) is -0.982. The van der Waals surface area contributed by atoms with Crippen LogP contribution in [0.4, 0.5) is 10.3 Å². The average molecular weight is 709 g/mol. The number of aromatic nitrogens is 4. The maximum atomic E-state index is 16.0. The van der Waals surface area contributed by atoms with Gasteiger partial charge in [0.15, 0.2) is 23.6 Å². The minimum atomic E-state index is -4.51. The Hall–Kier alpha value is -4.66. The zero-order chi connectivity index (χ0) is 35.6. The van der Waals surface area contributed by atoms with Gasteiger partial charge >= 0.3 is 13.7 Å². The van der Waals surface area contributed by atoms with Gasteiger partial charge in [0.25, 0.3) is 0 Å². The predicted molar refractivity (Wildman–Crippen MR) is 182 cm³/mol. The van der Waals surface area contributed by atoms with Crippen LogP contribution in [-0.2, 0) is 30.0 Å². The Kier molecular flexibility index (Phi) is 10.1.